The van der Waals surface area contributed by atoms with Crippen molar-refractivity contribution < 1.29 is 13.2 Å². The molecule has 74 valence electrons. The average molecular weight is 199 g/mol. The van der Waals surface area contributed by atoms with Crippen molar-refractivity contribution in [3.05, 3.63) is 36.2 Å². The molecule has 1 aromatic carbocycles. The second-order valence-corrected chi connectivity index (χ2v) is 3.27. The highest BCUT2D eigenvalue weighted by atomic mass is 19.4. The Labute approximate surface area is 78.8 Å². The minimum absolute atomic E-state index is 0.601. The van der Waals surface area contributed by atoms with Crippen molar-refractivity contribution in [2.45, 2.75) is 6.18 Å². The fraction of sp³-hybridized carbons (Fsp3) is 0.200. The Bertz CT molecular complexity index is 468. The monoisotopic (exact) mass is 199 g/mol. The van der Waals surface area contributed by atoms with Gasteiger partial charge in [0.15, 0.2) is 0 Å². The summed E-state index contributed by atoms with van der Waals surface area (Å²) in [5, 5.41) is 1.43. The molecule has 1 heterocycles. The molecule has 0 unspecified atom stereocenters. The SMILES string of the molecule is Cn1cc2ccc(C(F)(F)F)cc2c1. The van der Waals surface area contributed by atoms with Gasteiger partial charge in [0.2, 0.25) is 0 Å². The highest BCUT2D eigenvalue weighted by Gasteiger charge is 2.30. The van der Waals surface area contributed by atoms with Gasteiger partial charge >= 0.3 is 6.18 Å². The van der Waals surface area contributed by atoms with Crippen molar-refractivity contribution in [3.8, 4) is 0 Å². The first kappa shape index (κ1) is 9.12. The lowest BCUT2D eigenvalue weighted by atomic mass is 10.1. The fourth-order valence-corrected chi connectivity index (χ4v) is 1.46. The zero-order chi connectivity index (χ0) is 10.3. The van der Waals surface area contributed by atoms with Crippen molar-refractivity contribution in [3.63, 3.8) is 0 Å². The molecule has 1 nitrogen and oxygen atoms in total. The summed E-state index contributed by atoms with van der Waals surface area (Å²) in [6.45, 7) is 0. The van der Waals surface area contributed by atoms with Gasteiger partial charge < -0.3 is 4.57 Å². The topological polar surface area (TPSA) is 4.93 Å². The normalized spacial score (nSPS) is 12.3. The predicted octanol–water partition coefficient (Wildman–Crippen LogP) is 3.20. The van der Waals surface area contributed by atoms with Gasteiger partial charge in [-0.25, -0.2) is 0 Å². The van der Waals surface area contributed by atoms with E-state index in [2.05, 4.69) is 0 Å². The summed E-state index contributed by atoms with van der Waals surface area (Å²) in [7, 11) is 1.78. The van der Waals surface area contributed by atoms with Crippen LogP contribution in [-0.2, 0) is 13.2 Å². The summed E-state index contributed by atoms with van der Waals surface area (Å²) < 4.78 is 38.7. The van der Waals surface area contributed by atoms with Crippen LogP contribution in [0.1, 0.15) is 5.56 Å². The number of alkyl halides is 3. The Morgan fingerprint density at radius 2 is 1.71 bits per heavy atom. The van der Waals surface area contributed by atoms with Gasteiger partial charge in [0.25, 0.3) is 0 Å². The van der Waals surface area contributed by atoms with Crippen molar-refractivity contribution in [2.24, 2.45) is 7.05 Å². The third kappa shape index (κ3) is 1.47. The number of fused-ring (bicyclic) bond motifs is 1. The number of aromatic nitrogens is 1. The van der Waals surface area contributed by atoms with E-state index in [-0.39, 0.29) is 0 Å². The molecule has 0 saturated heterocycles. The fourth-order valence-electron chi connectivity index (χ4n) is 1.46. The van der Waals surface area contributed by atoms with Crippen LogP contribution >= 0.6 is 0 Å². The van der Waals surface area contributed by atoms with E-state index >= 15 is 0 Å². The average Bonchev–Trinajstić information content (AvgIpc) is 2.41. The van der Waals surface area contributed by atoms with Gasteiger partial charge in [0.05, 0.1) is 5.56 Å². The van der Waals surface area contributed by atoms with Gasteiger partial charge in [-0.2, -0.15) is 13.2 Å². The number of benzene rings is 1. The van der Waals surface area contributed by atoms with E-state index in [1.54, 1.807) is 24.0 Å². The van der Waals surface area contributed by atoms with Gasteiger partial charge in [-0.15, -0.1) is 0 Å². The first-order valence-corrected chi connectivity index (χ1v) is 4.10. The van der Waals surface area contributed by atoms with Crippen LogP contribution in [0.3, 0.4) is 0 Å². The maximum atomic E-state index is 12.3. The van der Waals surface area contributed by atoms with Gasteiger partial charge in [0.1, 0.15) is 0 Å². The summed E-state index contributed by atoms with van der Waals surface area (Å²) in [6.07, 6.45) is -0.801. The van der Waals surface area contributed by atoms with Crippen LogP contribution in [0, 0.1) is 0 Å². The summed E-state index contributed by atoms with van der Waals surface area (Å²) in [4.78, 5) is 0. The van der Waals surface area contributed by atoms with Crippen LogP contribution in [0.2, 0.25) is 0 Å². The Kier molecular flexibility index (Phi) is 1.80. The van der Waals surface area contributed by atoms with Gasteiger partial charge in [-0.05, 0) is 22.9 Å². The molecule has 14 heavy (non-hydrogen) atoms. The third-order valence-electron chi connectivity index (χ3n) is 2.10. The van der Waals surface area contributed by atoms with Crippen LogP contribution in [0.5, 0.6) is 0 Å². The molecular formula is C10H8F3N. The van der Waals surface area contributed by atoms with Crippen molar-refractivity contribution in [2.75, 3.05) is 0 Å². The molecule has 2 rings (SSSR count). The van der Waals surface area contributed by atoms with Crippen molar-refractivity contribution >= 4 is 10.8 Å². The Morgan fingerprint density at radius 3 is 2.36 bits per heavy atom. The predicted molar refractivity (Wildman–Crippen MR) is 47.9 cm³/mol. The molecule has 4 heteroatoms. The van der Waals surface area contributed by atoms with E-state index in [1.165, 1.54) is 6.07 Å². The van der Waals surface area contributed by atoms with E-state index in [0.29, 0.717) is 5.39 Å². The third-order valence-corrected chi connectivity index (χ3v) is 2.10. The Hall–Kier alpha value is -1.45. The molecule has 0 spiro atoms. The largest absolute Gasteiger partial charge is 0.416 e. The molecule has 2 aromatic rings. The number of halogens is 3. The number of hydrogen-bond acceptors (Lipinski definition) is 0. The van der Waals surface area contributed by atoms with E-state index in [1.807, 2.05) is 0 Å². The van der Waals surface area contributed by atoms with Gasteiger partial charge in [0, 0.05) is 19.4 Å². The molecular weight excluding hydrogens is 191 g/mol. The molecule has 0 fully saturated rings. The summed E-state index contributed by atoms with van der Waals surface area (Å²) in [5.74, 6) is 0. The lowest BCUT2D eigenvalue weighted by molar-refractivity contribution is -0.137. The Morgan fingerprint density at radius 1 is 1.07 bits per heavy atom. The van der Waals surface area contributed by atoms with E-state index < -0.39 is 11.7 Å². The summed E-state index contributed by atoms with van der Waals surface area (Å²) >= 11 is 0. The maximum Gasteiger partial charge on any atom is 0.416 e. The van der Waals surface area contributed by atoms with Crippen LogP contribution in [0.25, 0.3) is 10.8 Å². The molecule has 0 atom stereocenters. The second kappa shape index (κ2) is 2.77. The first-order chi connectivity index (χ1) is 6.47. The summed E-state index contributed by atoms with van der Waals surface area (Å²) in [5.41, 5.74) is -0.601. The molecule has 0 saturated carbocycles. The number of rotatable bonds is 0. The van der Waals surface area contributed by atoms with Crippen LogP contribution < -0.4 is 0 Å². The summed E-state index contributed by atoms with van der Waals surface area (Å²) in [6, 6.07) is 3.75. The maximum absolute atomic E-state index is 12.3. The molecule has 0 aliphatic carbocycles. The molecule has 1 aromatic heterocycles. The van der Waals surface area contributed by atoms with Crippen LogP contribution in [0.15, 0.2) is 30.6 Å². The van der Waals surface area contributed by atoms with Crippen LogP contribution in [-0.4, -0.2) is 4.57 Å². The minimum atomic E-state index is -4.26. The van der Waals surface area contributed by atoms with E-state index in [4.69, 9.17) is 0 Å². The van der Waals surface area contributed by atoms with Gasteiger partial charge in [-0.3, -0.25) is 0 Å². The molecule has 0 radical (unpaired) electrons. The van der Waals surface area contributed by atoms with Gasteiger partial charge in [-0.1, -0.05) is 6.07 Å². The van der Waals surface area contributed by atoms with Crippen molar-refractivity contribution in [1.82, 2.24) is 4.57 Å². The van der Waals surface area contributed by atoms with Crippen molar-refractivity contribution in [1.29, 1.82) is 0 Å². The minimum Gasteiger partial charge on any atom is -0.356 e. The highest BCUT2D eigenvalue weighted by molar-refractivity contribution is 5.83. The first-order valence-electron chi connectivity index (χ1n) is 4.10. The second-order valence-electron chi connectivity index (χ2n) is 3.27. The van der Waals surface area contributed by atoms with Crippen LogP contribution in [0.4, 0.5) is 13.2 Å². The Balaban J connectivity index is 2.62. The lowest BCUT2D eigenvalue weighted by Gasteiger charge is -2.05. The number of nitrogens with zero attached hydrogens (tertiary/aromatic N) is 1. The zero-order valence-electron chi connectivity index (χ0n) is 7.47. The molecule has 0 aliphatic heterocycles. The highest BCUT2D eigenvalue weighted by Crippen LogP contribution is 2.31. The molecule has 0 bridgehead atoms. The molecule has 0 amide bonds. The van der Waals surface area contributed by atoms with E-state index in [0.717, 1.165) is 17.5 Å². The molecule has 0 N–H and O–H groups in total. The number of hydrogen-bond donors (Lipinski definition) is 0. The quantitative estimate of drug-likeness (QED) is 0.614. The molecule has 0 aliphatic rings. The lowest BCUT2D eigenvalue weighted by Crippen LogP contribution is -2.03. The number of aryl methyl sites for hydroxylation is 1. The van der Waals surface area contributed by atoms with E-state index in [9.17, 15) is 13.2 Å². The smallest absolute Gasteiger partial charge is 0.356 e. The zero-order valence-corrected chi connectivity index (χ0v) is 7.47. The standard InChI is InChI=1S/C10H8F3N/c1-14-5-7-2-3-9(10(11,12)13)4-8(7)6-14/h2-6H,1H3.